The summed E-state index contributed by atoms with van der Waals surface area (Å²) in [7, 11) is 0. The first-order valence-corrected chi connectivity index (χ1v) is 6.33. The summed E-state index contributed by atoms with van der Waals surface area (Å²) in [6, 6.07) is 0.748. The molecule has 0 aromatic carbocycles. The van der Waals surface area contributed by atoms with Crippen molar-refractivity contribution in [1.29, 1.82) is 0 Å². The van der Waals surface area contributed by atoms with Gasteiger partial charge in [-0.25, -0.2) is 0 Å². The first-order valence-electron chi connectivity index (χ1n) is 6.33. The second kappa shape index (κ2) is 8.28. The van der Waals surface area contributed by atoms with E-state index in [1.54, 1.807) is 0 Å². The fourth-order valence-corrected chi connectivity index (χ4v) is 1.78. The third-order valence-corrected chi connectivity index (χ3v) is 2.97. The van der Waals surface area contributed by atoms with E-state index in [1.807, 2.05) is 0 Å². The first kappa shape index (κ1) is 14.0. The molecule has 1 nitrogen and oxygen atoms in total. The lowest BCUT2D eigenvalue weighted by molar-refractivity contribution is 0.359. The van der Waals surface area contributed by atoms with Crippen LogP contribution in [0.2, 0.25) is 0 Å². The Balaban J connectivity index is 3.76. The van der Waals surface area contributed by atoms with Gasteiger partial charge in [-0.15, -0.1) is 0 Å². The van der Waals surface area contributed by atoms with Crippen LogP contribution in [0.4, 0.5) is 0 Å². The number of nitrogens with one attached hydrogen (secondary N) is 1. The summed E-state index contributed by atoms with van der Waals surface area (Å²) in [6.07, 6.45) is 5.35. The highest BCUT2D eigenvalue weighted by atomic mass is 14.9. The molecule has 0 saturated carbocycles. The second-order valence-corrected chi connectivity index (χ2v) is 4.97. The topological polar surface area (TPSA) is 12.0 Å². The van der Waals surface area contributed by atoms with Crippen LogP contribution >= 0.6 is 0 Å². The van der Waals surface area contributed by atoms with Gasteiger partial charge in [0.2, 0.25) is 0 Å². The van der Waals surface area contributed by atoms with Gasteiger partial charge >= 0.3 is 0 Å². The van der Waals surface area contributed by atoms with Gasteiger partial charge in [0.1, 0.15) is 0 Å². The summed E-state index contributed by atoms with van der Waals surface area (Å²) in [4.78, 5) is 0. The molecule has 2 atom stereocenters. The lowest BCUT2D eigenvalue weighted by Crippen LogP contribution is -2.30. The number of hydrogen-bond acceptors (Lipinski definition) is 1. The summed E-state index contributed by atoms with van der Waals surface area (Å²) < 4.78 is 0. The summed E-state index contributed by atoms with van der Waals surface area (Å²) in [5, 5.41) is 3.60. The maximum Gasteiger partial charge on any atom is 0.00695 e. The van der Waals surface area contributed by atoms with Crippen LogP contribution in [0.3, 0.4) is 0 Å². The molecule has 0 radical (unpaired) electrons. The van der Waals surface area contributed by atoms with Gasteiger partial charge in [0.25, 0.3) is 0 Å². The van der Waals surface area contributed by atoms with E-state index in [1.165, 1.54) is 25.7 Å². The summed E-state index contributed by atoms with van der Waals surface area (Å²) in [6.45, 7) is 12.6. The van der Waals surface area contributed by atoms with Crippen molar-refractivity contribution in [1.82, 2.24) is 5.32 Å². The molecule has 0 aromatic heterocycles. The maximum absolute atomic E-state index is 3.60. The van der Waals surface area contributed by atoms with E-state index in [2.05, 4.69) is 39.9 Å². The van der Waals surface area contributed by atoms with E-state index >= 15 is 0 Å². The minimum atomic E-state index is 0.748. The van der Waals surface area contributed by atoms with Crippen molar-refractivity contribution in [2.45, 2.75) is 66.3 Å². The van der Waals surface area contributed by atoms with Gasteiger partial charge in [-0.05, 0) is 37.6 Å². The van der Waals surface area contributed by atoms with Gasteiger partial charge in [-0.3, -0.25) is 0 Å². The Hall–Kier alpha value is -0.0400. The Morgan fingerprint density at radius 1 is 1.00 bits per heavy atom. The monoisotopic (exact) mass is 199 g/mol. The first-order chi connectivity index (χ1) is 6.60. The molecule has 0 heterocycles. The van der Waals surface area contributed by atoms with Crippen LogP contribution in [0.5, 0.6) is 0 Å². The molecule has 14 heavy (non-hydrogen) atoms. The van der Waals surface area contributed by atoms with Gasteiger partial charge < -0.3 is 5.32 Å². The van der Waals surface area contributed by atoms with Crippen LogP contribution in [0.25, 0.3) is 0 Å². The van der Waals surface area contributed by atoms with Crippen LogP contribution in [0, 0.1) is 11.8 Å². The zero-order valence-corrected chi connectivity index (χ0v) is 10.8. The smallest absolute Gasteiger partial charge is 0.00695 e. The fourth-order valence-electron chi connectivity index (χ4n) is 1.78. The Morgan fingerprint density at radius 2 is 1.64 bits per heavy atom. The summed E-state index contributed by atoms with van der Waals surface area (Å²) in [5.41, 5.74) is 0. The van der Waals surface area contributed by atoms with Crippen molar-refractivity contribution in [2.75, 3.05) is 6.54 Å². The number of rotatable bonds is 8. The predicted octanol–water partition coefficient (Wildman–Crippen LogP) is 3.84. The average molecular weight is 199 g/mol. The summed E-state index contributed by atoms with van der Waals surface area (Å²) >= 11 is 0. The van der Waals surface area contributed by atoms with Crippen molar-refractivity contribution in [3.63, 3.8) is 0 Å². The molecule has 0 spiro atoms. The molecule has 0 aliphatic carbocycles. The van der Waals surface area contributed by atoms with Crippen LogP contribution in [-0.2, 0) is 0 Å². The van der Waals surface area contributed by atoms with E-state index < -0.39 is 0 Å². The van der Waals surface area contributed by atoms with E-state index in [0.717, 1.165) is 24.4 Å². The van der Waals surface area contributed by atoms with Crippen molar-refractivity contribution < 1.29 is 0 Å². The van der Waals surface area contributed by atoms with Crippen LogP contribution in [-0.4, -0.2) is 12.6 Å². The van der Waals surface area contributed by atoms with Gasteiger partial charge in [-0.1, -0.05) is 41.0 Å². The third-order valence-electron chi connectivity index (χ3n) is 2.97. The lowest BCUT2D eigenvalue weighted by atomic mass is 9.94. The second-order valence-electron chi connectivity index (χ2n) is 4.97. The van der Waals surface area contributed by atoms with Gasteiger partial charge in [0.05, 0.1) is 0 Å². The van der Waals surface area contributed by atoms with E-state index in [9.17, 15) is 0 Å². The molecule has 0 fully saturated rings. The zero-order chi connectivity index (χ0) is 11.0. The molecule has 0 bridgehead atoms. The predicted molar refractivity (Wildman–Crippen MR) is 65.6 cm³/mol. The molecule has 1 heteroatoms. The SMILES string of the molecule is CCNC(CCC(C)C)CC(C)CC. The highest BCUT2D eigenvalue weighted by Crippen LogP contribution is 2.15. The number of hydrogen-bond donors (Lipinski definition) is 1. The van der Waals surface area contributed by atoms with E-state index in [0.29, 0.717) is 0 Å². The Bertz CT molecular complexity index is 120. The fraction of sp³-hybridized carbons (Fsp3) is 1.00. The van der Waals surface area contributed by atoms with Crippen molar-refractivity contribution in [2.24, 2.45) is 11.8 Å². The summed E-state index contributed by atoms with van der Waals surface area (Å²) in [5.74, 6) is 1.71. The molecule has 0 saturated heterocycles. The minimum absolute atomic E-state index is 0.748. The molecular weight excluding hydrogens is 170 g/mol. The molecule has 0 aromatic rings. The molecule has 86 valence electrons. The van der Waals surface area contributed by atoms with Crippen molar-refractivity contribution >= 4 is 0 Å². The van der Waals surface area contributed by atoms with E-state index in [-0.39, 0.29) is 0 Å². The molecule has 1 N–H and O–H groups in total. The largest absolute Gasteiger partial charge is 0.314 e. The standard InChI is InChI=1S/C13H29N/c1-6-12(5)10-13(14-7-2)9-8-11(3)4/h11-14H,6-10H2,1-5H3. The van der Waals surface area contributed by atoms with Crippen LogP contribution in [0.1, 0.15) is 60.3 Å². The highest BCUT2D eigenvalue weighted by molar-refractivity contribution is 4.69. The van der Waals surface area contributed by atoms with E-state index in [4.69, 9.17) is 0 Å². The molecule has 0 amide bonds. The zero-order valence-electron chi connectivity index (χ0n) is 10.8. The highest BCUT2D eigenvalue weighted by Gasteiger charge is 2.11. The molecule has 0 aliphatic heterocycles. The van der Waals surface area contributed by atoms with Crippen molar-refractivity contribution in [3.05, 3.63) is 0 Å². The van der Waals surface area contributed by atoms with Gasteiger partial charge in [0, 0.05) is 6.04 Å². The molecule has 0 aliphatic rings. The minimum Gasteiger partial charge on any atom is -0.314 e. The lowest BCUT2D eigenvalue weighted by Gasteiger charge is -2.21. The molecule has 2 unspecified atom stereocenters. The van der Waals surface area contributed by atoms with Gasteiger partial charge in [0.15, 0.2) is 0 Å². The maximum atomic E-state index is 3.60. The molecular formula is C13H29N. The van der Waals surface area contributed by atoms with Crippen LogP contribution < -0.4 is 5.32 Å². The Kier molecular flexibility index (Phi) is 8.26. The normalized spacial score (nSPS) is 15.9. The van der Waals surface area contributed by atoms with Gasteiger partial charge in [-0.2, -0.15) is 0 Å². The van der Waals surface area contributed by atoms with Crippen LogP contribution in [0.15, 0.2) is 0 Å². The quantitative estimate of drug-likeness (QED) is 0.626. The average Bonchev–Trinajstić information content (AvgIpc) is 2.14. The Labute approximate surface area is 90.7 Å². The molecule has 0 rings (SSSR count). The Morgan fingerprint density at radius 3 is 2.07 bits per heavy atom. The van der Waals surface area contributed by atoms with Crippen molar-refractivity contribution in [3.8, 4) is 0 Å². The third kappa shape index (κ3) is 7.37.